The molecule has 174 valence electrons. The van der Waals surface area contributed by atoms with Gasteiger partial charge in [-0.2, -0.15) is 0 Å². The van der Waals surface area contributed by atoms with Crippen LogP contribution in [0, 0.1) is 0 Å². The van der Waals surface area contributed by atoms with E-state index in [1.807, 2.05) is 48.5 Å². The molecule has 4 aromatic rings. The maximum absolute atomic E-state index is 13.6. The molecule has 0 unspecified atom stereocenters. The highest BCUT2D eigenvalue weighted by atomic mass is 16.5. The van der Waals surface area contributed by atoms with Crippen LogP contribution in [0.5, 0.6) is 0 Å². The molecule has 0 aliphatic carbocycles. The Morgan fingerprint density at radius 3 is 2.60 bits per heavy atom. The summed E-state index contributed by atoms with van der Waals surface area (Å²) in [5, 5.41) is 8.85. The highest BCUT2D eigenvalue weighted by Crippen LogP contribution is 2.24. The van der Waals surface area contributed by atoms with Crippen LogP contribution in [0.25, 0.3) is 32.8 Å². The quantitative estimate of drug-likeness (QED) is 0.403. The third kappa shape index (κ3) is 4.51. The van der Waals surface area contributed by atoms with E-state index in [1.54, 1.807) is 18.3 Å². The van der Waals surface area contributed by atoms with Gasteiger partial charge in [0.05, 0.1) is 24.7 Å². The number of dihydropyridines is 1. The Balaban J connectivity index is 1.53. The van der Waals surface area contributed by atoms with Gasteiger partial charge in [-0.3, -0.25) is 9.78 Å². The van der Waals surface area contributed by atoms with E-state index in [1.165, 1.54) is 12.7 Å². The van der Waals surface area contributed by atoms with Gasteiger partial charge in [0.15, 0.2) is 5.43 Å². The normalized spacial score (nSPS) is 13.1. The van der Waals surface area contributed by atoms with Crippen LogP contribution in [0.2, 0.25) is 0 Å². The molecule has 0 radical (unpaired) electrons. The lowest BCUT2D eigenvalue weighted by Crippen LogP contribution is -2.23. The average Bonchev–Trinajstić information content (AvgIpc) is 3.04. The molecule has 6 nitrogen and oxygen atoms in total. The predicted molar refractivity (Wildman–Crippen MR) is 141 cm³/mol. The molecule has 0 fully saturated rings. The lowest BCUT2D eigenvalue weighted by atomic mass is 10.0. The van der Waals surface area contributed by atoms with Crippen LogP contribution in [0.3, 0.4) is 0 Å². The fourth-order valence-electron chi connectivity index (χ4n) is 4.24. The van der Waals surface area contributed by atoms with E-state index in [0.29, 0.717) is 28.4 Å². The van der Waals surface area contributed by atoms with Gasteiger partial charge in [-0.15, -0.1) is 0 Å². The fraction of sp³-hybridized carbons (Fsp3) is 0.138. The van der Waals surface area contributed by atoms with Gasteiger partial charge < -0.3 is 15.4 Å². The van der Waals surface area contributed by atoms with E-state index in [2.05, 4.69) is 34.7 Å². The average molecular weight is 464 g/mol. The van der Waals surface area contributed by atoms with Gasteiger partial charge in [-0.1, -0.05) is 36.4 Å². The molecule has 1 aliphatic rings. The Hall–Kier alpha value is -4.45. The minimum Gasteiger partial charge on any atom is -0.465 e. The summed E-state index contributed by atoms with van der Waals surface area (Å²) in [5.74, 6) is -0.389. The summed E-state index contributed by atoms with van der Waals surface area (Å²) < 4.78 is 4.77. The molecule has 35 heavy (non-hydrogen) atoms. The molecule has 0 atom stereocenters. The molecule has 0 saturated carbocycles. The maximum atomic E-state index is 13.6. The molecule has 6 heteroatoms. The topological polar surface area (TPSA) is 80.3 Å². The SMILES string of the molecule is COC(=O)c1ccc(-c2cnc3ccc4ccc(NCC5=C(C)C=CCN5)cc4c(=O)c3c2)cc1. The fourth-order valence-corrected chi connectivity index (χ4v) is 4.24. The Kier molecular flexibility index (Phi) is 6.02. The van der Waals surface area contributed by atoms with E-state index < -0.39 is 0 Å². The summed E-state index contributed by atoms with van der Waals surface area (Å²) in [4.78, 5) is 29.9. The molecule has 5 rings (SSSR count). The largest absolute Gasteiger partial charge is 0.465 e. The van der Waals surface area contributed by atoms with Crippen molar-refractivity contribution in [2.45, 2.75) is 6.92 Å². The first-order valence-corrected chi connectivity index (χ1v) is 11.4. The van der Waals surface area contributed by atoms with E-state index >= 15 is 0 Å². The second-order valence-electron chi connectivity index (χ2n) is 8.49. The highest BCUT2D eigenvalue weighted by molar-refractivity contribution is 5.95. The van der Waals surface area contributed by atoms with Crippen molar-refractivity contribution in [3.63, 3.8) is 0 Å². The molecule has 0 spiro atoms. The number of nitrogens with zero attached hydrogens (tertiary/aromatic N) is 1. The third-order valence-electron chi connectivity index (χ3n) is 6.27. The van der Waals surface area contributed by atoms with Crippen molar-refractivity contribution in [3.8, 4) is 11.1 Å². The number of aromatic nitrogens is 1. The van der Waals surface area contributed by atoms with Crippen LogP contribution < -0.4 is 16.1 Å². The number of pyridine rings is 1. The zero-order chi connectivity index (χ0) is 24.4. The van der Waals surface area contributed by atoms with Crippen molar-refractivity contribution in [2.75, 3.05) is 25.5 Å². The summed E-state index contributed by atoms with van der Waals surface area (Å²) in [6, 6.07) is 18.6. The second kappa shape index (κ2) is 9.43. The number of anilines is 1. The minimum atomic E-state index is -0.389. The number of nitrogens with one attached hydrogen (secondary N) is 2. The van der Waals surface area contributed by atoms with E-state index in [-0.39, 0.29) is 11.4 Å². The van der Waals surface area contributed by atoms with Crippen LogP contribution in [-0.2, 0) is 4.74 Å². The molecule has 1 aliphatic heterocycles. The van der Waals surface area contributed by atoms with Gasteiger partial charge in [0, 0.05) is 40.5 Å². The number of carbonyl (C=O) groups is 1. The first kappa shape index (κ1) is 22.3. The van der Waals surface area contributed by atoms with Crippen molar-refractivity contribution in [2.24, 2.45) is 0 Å². The monoisotopic (exact) mass is 463 g/mol. The van der Waals surface area contributed by atoms with E-state index in [4.69, 9.17) is 4.74 Å². The van der Waals surface area contributed by atoms with Gasteiger partial charge in [0.1, 0.15) is 0 Å². The molecule has 0 saturated heterocycles. The summed E-state index contributed by atoms with van der Waals surface area (Å²) in [5.41, 5.74) is 5.93. The van der Waals surface area contributed by atoms with Crippen LogP contribution in [-0.4, -0.2) is 31.2 Å². The van der Waals surface area contributed by atoms with E-state index in [9.17, 15) is 9.59 Å². The van der Waals surface area contributed by atoms with Crippen LogP contribution >= 0.6 is 0 Å². The summed E-state index contributed by atoms with van der Waals surface area (Å²) >= 11 is 0. The number of rotatable bonds is 5. The predicted octanol–water partition coefficient (Wildman–Crippen LogP) is 5.05. The number of ether oxygens (including phenoxy) is 1. The number of esters is 1. The van der Waals surface area contributed by atoms with Crippen LogP contribution in [0.4, 0.5) is 5.69 Å². The minimum absolute atomic E-state index is 0.0710. The zero-order valence-corrected chi connectivity index (χ0v) is 19.6. The van der Waals surface area contributed by atoms with Gasteiger partial charge in [0.2, 0.25) is 0 Å². The lowest BCUT2D eigenvalue weighted by molar-refractivity contribution is 0.0600. The highest BCUT2D eigenvalue weighted by Gasteiger charge is 2.10. The molecule has 0 bridgehead atoms. The van der Waals surface area contributed by atoms with Gasteiger partial charge in [-0.25, -0.2) is 4.79 Å². The Labute approximate surface area is 203 Å². The molecule has 2 heterocycles. The van der Waals surface area contributed by atoms with Crippen LogP contribution in [0.1, 0.15) is 17.3 Å². The number of hydrogen-bond acceptors (Lipinski definition) is 6. The van der Waals surface area contributed by atoms with Gasteiger partial charge >= 0.3 is 5.97 Å². The molecule has 0 amide bonds. The number of benzene rings is 2. The van der Waals surface area contributed by atoms with Crippen molar-refractivity contribution in [1.29, 1.82) is 0 Å². The Bertz CT molecular complexity index is 1570. The Morgan fingerprint density at radius 2 is 1.83 bits per heavy atom. The van der Waals surface area contributed by atoms with Gasteiger partial charge in [-0.05, 0) is 59.8 Å². The van der Waals surface area contributed by atoms with Crippen molar-refractivity contribution in [1.82, 2.24) is 10.3 Å². The number of allylic oxidation sites excluding steroid dienone is 2. The first-order valence-electron chi connectivity index (χ1n) is 11.4. The Morgan fingerprint density at radius 1 is 1.03 bits per heavy atom. The smallest absolute Gasteiger partial charge is 0.337 e. The summed E-state index contributed by atoms with van der Waals surface area (Å²) in [6.45, 7) is 3.55. The number of carbonyl (C=O) groups excluding carboxylic acids is 1. The molecular formula is C29H25N3O3. The molecule has 1 aromatic heterocycles. The summed E-state index contributed by atoms with van der Waals surface area (Å²) in [7, 11) is 1.35. The summed E-state index contributed by atoms with van der Waals surface area (Å²) in [6.07, 6.45) is 5.96. The number of hydrogen-bond donors (Lipinski definition) is 2. The van der Waals surface area contributed by atoms with E-state index in [0.717, 1.165) is 34.4 Å². The second-order valence-corrected chi connectivity index (χ2v) is 8.49. The molecule has 3 aromatic carbocycles. The first-order chi connectivity index (χ1) is 17.0. The number of methoxy groups -OCH3 is 1. The third-order valence-corrected chi connectivity index (χ3v) is 6.27. The standard InChI is InChI=1S/C29H25N3O3/c1-18-4-3-13-30-27(18)17-31-23-11-9-20-10-12-26-25(28(33)24(20)15-23)14-22(16-32-26)19-5-7-21(8-6-19)29(34)35-2/h3-12,14-16,30-31H,13,17H2,1-2H3. The molecular weight excluding hydrogens is 438 g/mol. The lowest BCUT2D eigenvalue weighted by Gasteiger charge is -2.17. The van der Waals surface area contributed by atoms with Gasteiger partial charge in [0.25, 0.3) is 0 Å². The van der Waals surface area contributed by atoms with Crippen molar-refractivity contribution in [3.05, 3.63) is 106 Å². The zero-order valence-electron chi connectivity index (χ0n) is 19.6. The maximum Gasteiger partial charge on any atom is 0.337 e. The van der Waals surface area contributed by atoms with Crippen molar-refractivity contribution >= 4 is 33.3 Å². The van der Waals surface area contributed by atoms with Crippen LogP contribution in [0.15, 0.2) is 95.1 Å². The number of fused-ring (bicyclic) bond motifs is 2. The van der Waals surface area contributed by atoms with Crippen molar-refractivity contribution < 1.29 is 9.53 Å². The molecule has 2 N–H and O–H groups in total.